The average Bonchev–Trinajstić information content (AvgIpc) is 3.06. The molecule has 0 aliphatic heterocycles. The summed E-state index contributed by atoms with van der Waals surface area (Å²) in [7, 11) is 0. The lowest BCUT2D eigenvalue weighted by molar-refractivity contribution is -0.127. The first-order chi connectivity index (χ1) is 15.2. The maximum absolute atomic E-state index is 14.4. The normalized spacial score (nSPS) is 18.8. The van der Waals surface area contributed by atoms with E-state index in [1.54, 1.807) is 19.1 Å². The molecule has 1 saturated carbocycles. The van der Waals surface area contributed by atoms with E-state index in [1.165, 1.54) is 25.1 Å². The van der Waals surface area contributed by atoms with Crippen molar-refractivity contribution in [1.82, 2.24) is 15.6 Å². The fraction of sp³-hybridized carbons (Fsp3) is 0.333. The molecule has 1 atom stereocenters. The van der Waals surface area contributed by atoms with Crippen LogP contribution in [0.4, 0.5) is 13.2 Å². The van der Waals surface area contributed by atoms with Gasteiger partial charge in [0, 0.05) is 24.9 Å². The van der Waals surface area contributed by atoms with Crippen LogP contribution >= 0.6 is 0 Å². The fourth-order valence-corrected chi connectivity index (χ4v) is 4.41. The van der Waals surface area contributed by atoms with Crippen LogP contribution in [0.2, 0.25) is 0 Å². The Morgan fingerprint density at radius 2 is 1.78 bits per heavy atom. The van der Waals surface area contributed by atoms with Crippen molar-refractivity contribution >= 4 is 22.7 Å². The molecule has 0 bridgehead atoms. The second-order valence-electron chi connectivity index (χ2n) is 8.43. The van der Waals surface area contributed by atoms with Gasteiger partial charge in [-0.25, -0.2) is 13.2 Å². The van der Waals surface area contributed by atoms with Crippen LogP contribution in [0.15, 0.2) is 36.4 Å². The first-order valence-electron chi connectivity index (χ1n) is 10.5. The molecule has 32 heavy (non-hydrogen) atoms. The number of aromatic nitrogens is 1. The highest BCUT2D eigenvalue weighted by Crippen LogP contribution is 2.48. The number of carbonyl (C=O) groups is 2. The van der Waals surface area contributed by atoms with Gasteiger partial charge < -0.3 is 15.6 Å². The zero-order valence-electron chi connectivity index (χ0n) is 17.8. The molecule has 2 amide bonds. The average molecular weight is 443 g/mol. The molecule has 1 aromatic heterocycles. The van der Waals surface area contributed by atoms with Gasteiger partial charge in [-0.15, -0.1) is 0 Å². The second kappa shape index (κ2) is 8.68. The molecule has 3 aromatic rings. The van der Waals surface area contributed by atoms with Gasteiger partial charge in [0.05, 0.1) is 11.2 Å². The summed E-state index contributed by atoms with van der Waals surface area (Å²) in [4.78, 5) is 26.3. The van der Waals surface area contributed by atoms with E-state index >= 15 is 0 Å². The van der Waals surface area contributed by atoms with E-state index in [4.69, 9.17) is 0 Å². The molecule has 5 nitrogen and oxygen atoms in total. The van der Waals surface area contributed by atoms with Crippen molar-refractivity contribution in [3.8, 4) is 11.3 Å². The number of benzene rings is 2. The van der Waals surface area contributed by atoms with Gasteiger partial charge >= 0.3 is 0 Å². The van der Waals surface area contributed by atoms with Crippen LogP contribution < -0.4 is 10.6 Å². The molecule has 2 aromatic carbocycles. The molecule has 3 N–H and O–H groups in total. The highest BCUT2D eigenvalue weighted by molar-refractivity contribution is 5.92. The van der Waals surface area contributed by atoms with Crippen molar-refractivity contribution in [1.29, 1.82) is 0 Å². The zero-order chi connectivity index (χ0) is 23.0. The Morgan fingerprint density at radius 3 is 2.44 bits per heavy atom. The Kier molecular flexibility index (Phi) is 5.95. The van der Waals surface area contributed by atoms with Crippen LogP contribution in [0.1, 0.15) is 38.2 Å². The Hall–Kier alpha value is -3.29. The molecular formula is C24H24F3N3O2. The summed E-state index contributed by atoms with van der Waals surface area (Å²) in [5.74, 6) is -2.00. The summed E-state index contributed by atoms with van der Waals surface area (Å²) >= 11 is 0. The quantitative estimate of drug-likeness (QED) is 0.529. The molecule has 4 rings (SSSR count). The topological polar surface area (TPSA) is 74.0 Å². The number of carbonyl (C=O) groups excluding carboxylic acids is 2. The molecule has 168 valence electrons. The van der Waals surface area contributed by atoms with Crippen LogP contribution in [-0.4, -0.2) is 29.4 Å². The van der Waals surface area contributed by atoms with Crippen LogP contribution in [0.3, 0.4) is 0 Å². The first kappa shape index (κ1) is 21.9. The Labute approximate surface area is 183 Å². The summed E-state index contributed by atoms with van der Waals surface area (Å²) in [6.07, 6.45) is 1.46. The monoisotopic (exact) mass is 443 g/mol. The van der Waals surface area contributed by atoms with Crippen LogP contribution in [0, 0.1) is 23.4 Å². The summed E-state index contributed by atoms with van der Waals surface area (Å²) < 4.78 is 41.9. The van der Waals surface area contributed by atoms with Crippen molar-refractivity contribution in [2.75, 3.05) is 6.54 Å². The van der Waals surface area contributed by atoms with E-state index in [-0.39, 0.29) is 35.0 Å². The molecule has 0 saturated heterocycles. The minimum absolute atomic E-state index is 0.0414. The standard InChI is InChI=1S/C24H24F3N3O2/c1-12(29-13(2)31)24(32)28-11-14-7-16(8-14)21-19-9-18(26)10-20(27)23(19)30-22(21)15-3-5-17(25)6-4-15/h3-6,9-10,12,14,16,30H,7-8,11H2,1-2H3,(H,28,32)(H,29,31)/t12-,14?,16?/m0/s1. The zero-order valence-corrected chi connectivity index (χ0v) is 17.8. The van der Waals surface area contributed by atoms with E-state index < -0.39 is 17.7 Å². The van der Waals surface area contributed by atoms with E-state index in [1.807, 2.05) is 0 Å². The molecule has 8 heteroatoms. The second-order valence-corrected chi connectivity index (χ2v) is 8.43. The minimum Gasteiger partial charge on any atom is -0.354 e. The maximum atomic E-state index is 14.4. The molecule has 1 heterocycles. The number of halogens is 3. The van der Waals surface area contributed by atoms with Crippen molar-refractivity contribution in [3.05, 3.63) is 59.4 Å². The molecular weight excluding hydrogens is 419 g/mol. The predicted molar refractivity (Wildman–Crippen MR) is 115 cm³/mol. The third-order valence-electron chi connectivity index (χ3n) is 6.02. The van der Waals surface area contributed by atoms with Crippen LogP contribution in [0.5, 0.6) is 0 Å². The van der Waals surface area contributed by atoms with Gasteiger partial charge in [0.2, 0.25) is 11.8 Å². The number of aromatic amines is 1. The Morgan fingerprint density at radius 1 is 1.09 bits per heavy atom. The largest absolute Gasteiger partial charge is 0.354 e. The third kappa shape index (κ3) is 4.35. The molecule has 1 aliphatic rings. The predicted octanol–water partition coefficient (Wildman–Crippen LogP) is 4.39. The minimum atomic E-state index is -0.676. The maximum Gasteiger partial charge on any atom is 0.242 e. The van der Waals surface area contributed by atoms with Crippen LogP contribution in [-0.2, 0) is 9.59 Å². The molecule has 0 spiro atoms. The number of nitrogens with one attached hydrogen (secondary N) is 3. The SMILES string of the molecule is CC(=O)N[C@@H](C)C(=O)NCC1CC(c2c(-c3ccc(F)cc3)[nH]c3c(F)cc(F)cc23)C1. The van der Waals surface area contributed by atoms with E-state index in [2.05, 4.69) is 15.6 Å². The van der Waals surface area contributed by atoms with Crippen molar-refractivity contribution in [2.24, 2.45) is 5.92 Å². The lowest BCUT2D eigenvalue weighted by Crippen LogP contribution is -2.46. The fourth-order valence-electron chi connectivity index (χ4n) is 4.41. The number of amides is 2. The number of H-pyrrole nitrogens is 1. The van der Waals surface area contributed by atoms with Gasteiger partial charge in [0.1, 0.15) is 23.5 Å². The van der Waals surface area contributed by atoms with Gasteiger partial charge in [-0.1, -0.05) is 0 Å². The number of fused-ring (bicyclic) bond motifs is 1. The van der Waals surface area contributed by atoms with Crippen LogP contribution in [0.25, 0.3) is 22.2 Å². The van der Waals surface area contributed by atoms with Crippen molar-refractivity contribution < 1.29 is 22.8 Å². The molecule has 1 aliphatic carbocycles. The van der Waals surface area contributed by atoms with E-state index in [9.17, 15) is 22.8 Å². The summed E-state index contributed by atoms with van der Waals surface area (Å²) in [5, 5.41) is 5.86. The van der Waals surface area contributed by atoms with Gasteiger partial charge in [-0.3, -0.25) is 9.59 Å². The first-order valence-corrected chi connectivity index (χ1v) is 10.5. The van der Waals surface area contributed by atoms with E-state index in [0.29, 0.717) is 23.2 Å². The summed E-state index contributed by atoms with van der Waals surface area (Å²) in [6, 6.07) is 7.42. The number of hydrogen-bond acceptors (Lipinski definition) is 2. The van der Waals surface area contributed by atoms with Gasteiger partial charge in [0.25, 0.3) is 0 Å². The van der Waals surface area contributed by atoms with Gasteiger partial charge in [0.15, 0.2) is 0 Å². The van der Waals surface area contributed by atoms with Gasteiger partial charge in [-0.2, -0.15) is 0 Å². The molecule has 0 radical (unpaired) electrons. The summed E-state index contributed by atoms with van der Waals surface area (Å²) in [5.41, 5.74) is 2.37. The molecule has 0 unspecified atom stereocenters. The smallest absolute Gasteiger partial charge is 0.242 e. The third-order valence-corrected chi connectivity index (χ3v) is 6.02. The lowest BCUT2D eigenvalue weighted by Gasteiger charge is -2.36. The highest BCUT2D eigenvalue weighted by Gasteiger charge is 2.35. The number of rotatable bonds is 6. The Bertz CT molecular complexity index is 1170. The lowest BCUT2D eigenvalue weighted by atomic mass is 9.70. The van der Waals surface area contributed by atoms with Crippen molar-refractivity contribution in [3.63, 3.8) is 0 Å². The van der Waals surface area contributed by atoms with Crippen molar-refractivity contribution in [2.45, 2.75) is 38.6 Å². The summed E-state index contributed by atoms with van der Waals surface area (Å²) in [6.45, 7) is 3.42. The molecule has 1 fully saturated rings. The highest BCUT2D eigenvalue weighted by atomic mass is 19.1. The Balaban J connectivity index is 1.54. The van der Waals surface area contributed by atoms with Gasteiger partial charge in [-0.05, 0) is 73.1 Å². The number of hydrogen-bond donors (Lipinski definition) is 3. The van der Waals surface area contributed by atoms with E-state index in [0.717, 1.165) is 24.5 Å².